The lowest BCUT2D eigenvalue weighted by Gasteiger charge is -2.20. The molecule has 1 rings (SSSR count). The minimum atomic E-state index is -1.18. The van der Waals surface area contributed by atoms with Crippen LogP contribution in [-0.2, 0) is 4.79 Å². The molecular weight excluding hydrogens is 275 g/mol. The van der Waals surface area contributed by atoms with E-state index in [2.05, 4.69) is 11.9 Å². The van der Waals surface area contributed by atoms with E-state index in [1.54, 1.807) is 0 Å². The molecule has 0 aliphatic heterocycles. The van der Waals surface area contributed by atoms with Crippen molar-refractivity contribution in [1.29, 1.82) is 0 Å². The molecule has 0 fully saturated rings. The van der Waals surface area contributed by atoms with E-state index in [0.717, 1.165) is 11.0 Å². The predicted octanol–water partition coefficient (Wildman–Crippen LogP) is 2.58. The summed E-state index contributed by atoms with van der Waals surface area (Å²) in [6.45, 7) is 2.91. The van der Waals surface area contributed by atoms with Crippen LogP contribution >= 0.6 is 11.6 Å². The van der Waals surface area contributed by atoms with Crippen molar-refractivity contribution in [3.05, 3.63) is 41.7 Å². The van der Waals surface area contributed by atoms with Gasteiger partial charge < -0.3 is 15.3 Å². The molecule has 0 heterocycles. The van der Waals surface area contributed by atoms with Gasteiger partial charge in [0.1, 0.15) is 12.4 Å². The number of benzene rings is 1. The van der Waals surface area contributed by atoms with Gasteiger partial charge in [0, 0.05) is 6.54 Å². The molecule has 0 aliphatic rings. The van der Waals surface area contributed by atoms with Gasteiger partial charge in [-0.2, -0.15) is 0 Å². The Morgan fingerprint density at radius 1 is 1.53 bits per heavy atom. The first kappa shape index (κ1) is 15.0. The summed E-state index contributed by atoms with van der Waals surface area (Å²) in [6.07, 6.45) is 1.37. The maximum absolute atomic E-state index is 13.5. The monoisotopic (exact) mass is 286 g/mol. The highest BCUT2D eigenvalue weighted by Gasteiger charge is 2.18. The molecule has 0 atom stereocenters. The van der Waals surface area contributed by atoms with Gasteiger partial charge in [0.25, 0.3) is 0 Å². The van der Waals surface area contributed by atoms with Crippen LogP contribution in [0.2, 0.25) is 5.02 Å². The summed E-state index contributed by atoms with van der Waals surface area (Å²) in [4.78, 5) is 23.4. The highest BCUT2D eigenvalue weighted by molar-refractivity contribution is 6.33. The van der Waals surface area contributed by atoms with Gasteiger partial charge in [-0.1, -0.05) is 23.7 Å². The molecule has 2 amide bonds. The van der Waals surface area contributed by atoms with Crippen molar-refractivity contribution < 1.29 is 19.1 Å². The number of nitrogens with zero attached hydrogens (tertiary/aromatic N) is 1. The Bertz CT molecular complexity index is 487. The number of para-hydroxylation sites is 1. The number of aliphatic carboxylic acids is 1. The zero-order valence-corrected chi connectivity index (χ0v) is 10.7. The average Bonchev–Trinajstić information content (AvgIpc) is 2.32. The second-order valence-electron chi connectivity index (χ2n) is 3.59. The van der Waals surface area contributed by atoms with Gasteiger partial charge in [-0.15, -0.1) is 6.58 Å². The first-order chi connectivity index (χ1) is 8.95. The van der Waals surface area contributed by atoms with Gasteiger partial charge in [-0.25, -0.2) is 9.18 Å². The molecule has 0 saturated heterocycles. The van der Waals surface area contributed by atoms with Crippen LogP contribution in [0.25, 0.3) is 0 Å². The third-order valence-electron chi connectivity index (χ3n) is 2.16. The lowest BCUT2D eigenvalue weighted by molar-refractivity contribution is -0.137. The van der Waals surface area contributed by atoms with E-state index in [0.29, 0.717) is 0 Å². The highest BCUT2D eigenvalue weighted by atomic mass is 35.5. The Balaban J connectivity index is 2.86. The van der Waals surface area contributed by atoms with Gasteiger partial charge in [-0.05, 0) is 12.1 Å². The number of carbonyl (C=O) groups excluding carboxylic acids is 1. The third kappa shape index (κ3) is 4.26. The fourth-order valence-corrected chi connectivity index (χ4v) is 1.55. The summed E-state index contributed by atoms with van der Waals surface area (Å²) in [6, 6.07) is 3.17. The Labute approximate surface area is 114 Å². The molecule has 2 N–H and O–H groups in total. The summed E-state index contributed by atoms with van der Waals surface area (Å²) in [7, 11) is 0. The number of hydrogen-bond acceptors (Lipinski definition) is 2. The number of halogens is 2. The highest BCUT2D eigenvalue weighted by Crippen LogP contribution is 2.24. The smallest absolute Gasteiger partial charge is 0.323 e. The number of carboxylic acid groups (broad SMARTS) is 1. The van der Waals surface area contributed by atoms with Crippen molar-refractivity contribution >= 4 is 29.3 Å². The van der Waals surface area contributed by atoms with E-state index in [-0.39, 0.29) is 17.3 Å². The molecular formula is C12H12ClFN2O3. The summed E-state index contributed by atoms with van der Waals surface area (Å²) < 4.78 is 13.5. The number of hydrogen-bond donors (Lipinski definition) is 2. The molecule has 0 spiro atoms. The molecule has 0 saturated carbocycles. The Morgan fingerprint density at radius 3 is 2.74 bits per heavy atom. The van der Waals surface area contributed by atoms with Crippen LogP contribution in [0.5, 0.6) is 0 Å². The summed E-state index contributed by atoms with van der Waals surface area (Å²) in [5, 5.41) is 10.9. The molecule has 7 heteroatoms. The van der Waals surface area contributed by atoms with Crippen LogP contribution in [0.4, 0.5) is 14.9 Å². The molecule has 0 bridgehead atoms. The quantitative estimate of drug-likeness (QED) is 0.817. The van der Waals surface area contributed by atoms with Crippen LogP contribution < -0.4 is 5.32 Å². The fraction of sp³-hybridized carbons (Fsp3) is 0.167. The first-order valence-corrected chi connectivity index (χ1v) is 5.66. The minimum Gasteiger partial charge on any atom is -0.480 e. The van der Waals surface area contributed by atoms with Crippen LogP contribution in [-0.4, -0.2) is 35.1 Å². The molecule has 0 aliphatic carbocycles. The molecule has 1 aromatic rings. The van der Waals surface area contributed by atoms with Crippen LogP contribution in [0.15, 0.2) is 30.9 Å². The minimum absolute atomic E-state index is 0.0181. The zero-order chi connectivity index (χ0) is 14.4. The van der Waals surface area contributed by atoms with Gasteiger partial charge in [-0.3, -0.25) is 4.79 Å². The van der Waals surface area contributed by atoms with Gasteiger partial charge in [0.05, 0.1) is 10.7 Å². The second kappa shape index (κ2) is 6.75. The average molecular weight is 287 g/mol. The van der Waals surface area contributed by atoms with Gasteiger partial charge >= 0.3 is 12.0 Å². The van der Waals surface area contributed by atoms with Crippen molar-refractivity contribution in [3.8, 4) is 0 Å². The number of carboxylic acids is 1. The SMILES string of the molecule is C=CCN(CC(=O)O)C(=O)Nc1c(F)cccc1Cl. The van der Waals surface area contributed by atoms with Crippen molar-refractivity contribution in [2.75, 3.05) is 18.4 Å². The zero-order valence-electron chi connectivity index (χ0n) is 9.90. The Kier molecular flexibility index (Phi) is 5.32. The lowest BCUT2D eigenvalue weighted by atomic mass is 10.3. The summed E-state index contributed by atoms with van der Waals surface area (Å²) in [5.41, 5.74) is -0.186. The molecule has 0 radical (unpaired) electrons. The molecule has 19 heavy (non-hydrogen) atoms. The van der Waals surface area contributed by atoms with E-state index >= 15 is 0 Å². The molecule has 102 valence electrons. The lowest BCUT2D eigenvalue weighted by Crippen LogP contribution is -2.39. The largest absolute Gasteiger partial charge is 0.480 e. The van der Waals surface area contributed by atoms with E-state index in [1.165, 1.54) is 18.2 Å². The van der Waals surface area contributed by atoms with Crippen molar-refractivity contribution in [2.24, 2.45) is 0 Å². The number of carbonyl (C=O) groups is 2. The fourth-order valence-electron chi connectivity index (χ4n) is 1.34. The number of rotatable bonds is 5. The van der Waals surface area contributed by atoms with Gasteiger partial charge in [0.2, 0.25) is 0 Å². The topological polar surface area (TPSA) is 69.6 Å². The molecule has 5 nitrogen and oxygen atoms in total. The van der Waals surface area contributed by atoms with Gasteiger partial charge in [0.15, 0.2) is 0 Å². The Hall–Kier alpha value is -2.08. The standard InChI is InChI=1S/C12H12ClFN2O3/c1-2-6-16(7-10(17)18)12(19)15-11-8(13)4-3-5-9(11)14/h2-5H,1,6-7H2,(H,15,19)(H,17,18). The third-order valence-corrected chi connectivity index (χ3v) is 2.47. The van der Waals surface area contributed by atoms with E-state index in [1.807, 2.05) is 0 Å². The predicted molar refractivity (Wildman–Crippen MR) is 69.8 cm³/mol. The van der Waals surface area contributed by atoms with E-state index in [9.17, 15) is 14.0 Å². The van der Waals surface area contributed by atoms with E-state index < -0.39 is 24.4 Å². The van der Waals surface area contributed by atoms with Crippen LogP contribution in [0.3, 0.4) is 0 Å². The van der Waals surface area contributed by atoms with E-state index in [4.69, 9.17) is 16.7 Å². The maximum atomic E-state index is 13.5. The van der Waals surface area contributed by atoms with Crippen molar-refractivity contribution in [3.63, 3.8) is 0 Å². The first-order valence-electron chi connectivity index (χ1n) is 5.28. The summed E-state index contributed by atoms with van der Waals surface area (Å²) in [5.74, 6) is -1.88. The maximum Gasteiger partial charge on any atom is 0.323 e. The van der Waals surface area contributed by atoms with Crippen LogP contribution in [0.1, 0.15) is 0 Å². The molecule has 0 aromatic heterocycles. The Morgan fingerprint density at radius 2 is 2.21 bits per heavy atom. The number of amides is 2. The van der Waals surface area contributed by atoms with Crippen LogP contribution in [0, 0.1) is 5.82 Å². The number of nitrogens with one attached hydrogen (secondary N) is 1. The van der Waals surface area contributed by atoms with Crippen molar-refractivity contribution in [1.82, 2.24) is 4.90 Å². The number of anilines is 1. The molecule has 0 unspecified atom stereocenters. The second-order valence-corrected chi connectivity index (χ2v) is 4.00. The van der Waals surface area contributed by atoms with Crippen molar-refractivity contribution in [2.45, 2.75) is 0 Å². The molecule has 1 aromatic carbocycles. The number of urea groups is 1. The summed E-state index contributed by atoms with van der Waals surface area (Å²) >= 11 is 5.75. The normalized spacial score (nSPS) is 9.79.